The summed E-state index contributed by atoms with van der Waals surface area (Å²) in [6.07, 6.45) is 0. The van der Waals surface area contributed by atoms with E-state index in [2.05, 4.69) is 45.3 Å². The van der Waals surface area contributed by atoms with Gasteiger partial charge in [-0.15, -0.1) is 0 Å². The van der Waals surface area contributed by atoms with Crippen LogP contribution in [0.5, 0.6) is 0 Å². The SMILES string of the molecule is Cc1[nH]c2ccccc2c1Nc1ccc(Br)cc1N. The molecule has 0 radical (unpaired) electrons. The first-order valence-electron chi connectivity index (χ1n) is 6.04. The highest BCUT2D eigenvalue weighted by atomic mass is 79.9. The zero-order valence-electron chi connectivity index (χ0n) is 10.5. The molecule has 3 aromatic rings. The topological polar surface area (TPSA) is 53.8 Å². The predicted molar refractivity (Wildman–Crippen MR) is 84.9 cm³/mol. The fraction of sp³-hybridized carbons (Fsp3) is 0.0667. The first-order valence-corrected chi connectivity index (χ1v) is 6.84. The fourth-order valence-corrected chi connectivity index (χ4v) is 2.60. The molecule has 0 amide bonds. The van der Waals surface area contributed by atoms with Gasteiger partial charge in [0, 0.05) is 21.1 Å². The molecule has 2 aromatic carbocycles. The third-order valence-electron chi connectivity index (χ3n) is 3.17. The number of nitrogens with one attached hydrogen (secondary N) is 2. The maximum absolute atomic E-state index is 6.03. The second-order valence-corrected chi connectivity index (χ2v) is 5.44. The van der Waals surface area contributed by atoms with Crippen molar-refractivity contribution in [3.63, 3.8) is 0 Å². The highest BCUT2D eigenvalue weighted by molar-refractivity contribution is 9.10. The number of benzene rings is 2. The molecular formula is C15H14BrN3. The van der Waals surface area contributed by atoms with E-state index in [4.69, 9.17) is 5.73 Å². The Morgan fingerprint density at radius 2 is 1.95 bits per heavy atom. The average molecular weight is 316 g/mol. The summed E-state index contributed by atoms with van der Waals surface area (Å²) >= 11 is 3.41. The van der Waals surface area contributed by atoms with Crippen molar-refractivity contribution < 1.29 is 0 Å². The molecule has 0 saturated heterocycles. The molecular weight excluding hydrogens is 302 g/mol. The van der Waals surface area contributed by atoms with Crippen molar-refractivity contribution in [2.75, 3.05) is 11.1 Å². The molecule has 96 valence electrons. The number of para-hydroxylation sites is 1. The monoisotopic (exact) mass is 315 g/mol. The van der Waals surface area contributed by atoms with Crippen LogP contribution in [0.1, 0.15) is 5.69 Å². The lowest BCUT2D eigenvalue weighted by Gasteiger charge is -2.10. The minimum Gasteiger partial charge on any atom is -0.397 e. The summed E-state index contributed by atoms with van der Waals surface area (Å²) in [6, 6.07) is 14.1. The Labute approximate surface area is 120 Å². The second kappa shape index (κ2) is 4.63. The first kappa shape index (κ1) is 12.1. The molecule has 0 unspecified atom stereocenters. The fourth-order valence-electron chi connectivity index (χ4n) is 2.22. The van der Waals surface area contributed by atoms with Crippen LogP contribution in [0.15, 0.2) is 46.9 Å². The van der Waals surface area contributed by atoms with E-state index in [1.807, 2.05) is 30.3 Å². The van der Waals surface area contributed by atoms with Crippen LogP contribution in [0, 0.1) is 6.92 Å². The van der Waals surface area contributed by atoms with Crippen molar-refractivity contribution in [2.45, 2.75) is 6.92 Å². The number of aromatic nitrogens is 1. The van der Waals surface area contributed by atoms with Crippen molar-refractivity contribution in [1.29, 1.82) is 0 Å². The Morgan fingerprint density at radius 1 is 1.16 bits per heavy atom. The standard InChI is InChI=1S/C15H14BrN3/c1-9-15(11-4-2-3-5-13(11)18-9)19-14-7-6-10(16)8-12(14)17/h2-8,18-19H,17H2,1H3. The number of rotatable bonds is 2. The van der Waals surface area contributed by atoms with Gasteiger partial charge in [-0.05, 0) is 31.2 Å². The second-order valence-electron chi connectivity index (χ2n) is 4.53. The van der Waals surface area contributed by atoms with E-state index in [9.17, 15) is 0 Å². The summed E-state index contributed by atoms with van der Waals surface area (Å²) in [5, 5.41) is 4.58. The van der Waals surface area contributed by atoms with Crippen molar-refractivity contribution in [3.8, 4) is 0 Å². The van der Waals surface area contributed by atoms with Crippen LogP contribution in [0.2, 0.25) is 0 Å². The number of hydrogen-bond acceptors (Lipinski definition) is 2. The number of hydrogen-bond donors (Lipinski definition) is 3. The van der Waals surface area contributed by atoms with Gasteiger partial charge < -0.3 is 16.0 Å². The van der Waals surface area contributed by atoms with Gasteiger partial charge in [0.25, 0.3) is 0 Å². The Balaban J connectivity index is 2.08. The van der Waals surface area contributed by atoms with E-state index in [1.165, 1.54) is 5.39 Å². The van der Waals surface area contributed by atoms with Gasteiger partial charge in [-0.3, -0.25) is 0 Å². The summed E-state index contributed by atoms with van der Waals surface area (Å²) in [5.74, 6) is 0. The minimum atomic E-state index is 0.721. The van der Waals surface area contributed by atoms with Crippen LogP contribution in [0.3, 0.4) is 0 Å². The lowest BCUT2D eigenvalue weighted by molar-refractivity contribution is 1.29. The molecule has 0 aliphatic rings. The van der Waals surface area contributed by atoms with Crippen molar-refractivity contribution in [1.82, 2.24) is 4.98 Å². The molecule has 1 aromatic heterocycles. The molecule has 0 fully saturated rings. The van der Waals surface area contributed by atoms with Gasteiger partial charge in [0.15, 0.2) is 0 Å². The average Bonchev–Trinajstić information content (AvgIpc) is 2.69. The summed E-state index contributed by atoms with van der Waals surface area (Å²) in [4.78, 5) is 3.37. The largest absolute Gasteiger partial charge is 0.397 e. The van der Waals surface area contributed by atoms with Gasteiger partial charge in [-0.2, -0.15) is 0 Å². The quantitative estimate of drug-likeness (QED) is 0.607. The molecule has 0 atom stereocenters. The molecule has 4 heteroatoms. The Hall–Kier alpha value is -1.94. The van der Waals surface area contributed by atoms with Gasteiger partial charge in [-0.1, -0.05) is 34.1 Å². The molecule has 3 nitrogen and oxygen atoms in total. The number of aromatic amines is 1. The number of halogens is 1. The zero-order valence-corrected chi connectivity index (χ0v) is 12.1. The summed E-state index contributed by atoms with van der Waals surface area (Å²) < 4.78 is 0.978. The third kappa shape index (κ3) is 2.19. The van der Waals surface area contributed by atoms with Gasteiger partial charge in [-0.25, -0.2) is 0 Å². The van der Waals surface area contributed by atoms with Gasteiger partial charge in [0.2, 0.25) is 0 Å². The number of fused-ring (bicyclic) bond motifs is 1. The van der Waals surface area contributed by atoms with Crippen molar-refractivity contribution >= 4 is 43.9 Å². The lowest BCUT2D eigenvalue weighted by atomic mass is 10.2. The maximum atomic E-state index is 6.03. The number of aryl methyl sites for hydroxylation is 1. The van der Waals surface area contributed by atoms with Crippen molar-refractivity contribution in [3.05, 3.63) is 52.6 Å². The van der Waals surface area contributed by atoms with E-state index >= 15 is 0 Å². The molecule has 0 spiro atoms. The van der Waals surface area contributed by atoms with Gasteiger partial charge in [0.1, 0.15) is 0 Å². The van der Waals surface area contributed by atoms with Crippen LogP contribution < -0.4 is 11.1 Å². The molecule has 0 aliphatic carbocycles. The Kier molecular flexibility index (Phi) is 2.95. The molecule has 0 saturated carbocycles. The smallest absolute Gasteiger partial charge is 0.0672 e. The number of H-pyrrole nitrogens is 1. The number of nitrogens with two attached hydrogens (primary N) is 1. The van der Waals surface area contributed by atoms with Crippen LogP contribution in [-0.4, -0.2) is 4.98 Å². The van der Waals surface area contributed by atoms with Crippen LogP contribution in [0.25, 0.3) is 10.9 Å². The highest BCUT2D eigenvalue weighted by Gasteiger charge is 2.09. The Bertz CT molecular complexity index is 746. The summed E-state index contributed by atoms with van der Waals surface area (Å²) in [7, 11) is 0. The number of nitrogen functional groups attached to an aromatic ring is 1. The molecule has 19 heavy (non-hydrogen) atoms. The summed E-state index contributed by atoms with van der Waals surface area (Å²) in [6.45, 7) is 2.05. The molecule has 0 aliphatic heterocycles. The minimum absolute atomic E-state index is 0.721. The first-order chi connectivity index (χ1) is 9.15. The van der Waals surface area contributed by atoms with E-state index in [-0.39, 0.29) is 0 Å². The predicted octanol–water partition coefficient (Wildman–Crippen LogP) is 4.56. The van der Waals surface area contributed by atoms with E-state index in [0.717, 1.165) is 32.7 Å². The van der Waals surface area contributed by atoms with E-state index < -0.39 is 0 Å². The van der Waals surface area contributed by atoms with Crippen LogP contribution in [-0.2, 0) is 0 Å². The molecule has 1 heterocycles. The Morgan fingerprint density at radius 3 is 2.74 bits per heavy atom. The zero-order chi connectivity index (χ0) is 13.4. The van der Waals surface area contributed by atoms with Crippen LogP contribution >= 0.6 is 15.9 Å². The van der Waals surface area contributed by atoms with Gasteiger partial charge >= 0.3 is 0 Å². The highest BCUT2D eigenvalue weighted by Crippen LogP contribution is 2.32. The molecule has 4 N–H and O–H groups in total. The van der Waals surface area contributed by atoms with Crippen LogP contribution in [0.4, 0.5) is 17.1 Å². The maximum Gasteiger partial charge on any atom is 0.0672 e. The lowest BCUT2D eigenvalue weighted by Crippen LogP contribution is -1.96. The normalized spacial score (nSPS) is 10.8. The molecule has 0 bridgehead atoms. The third-order valence-corrected chi connectivity index (χ3v) is 3.66. The van der Waals surface area contributed by atoms with Gasteiger partial charge in [0.05, 0.1) is 17.1 Å². The molecule has 3 rings (SSSR count). The van der Waals surface area contributed by atoms with E-state index in [0.29, 0.717) is 0 Å². The van der Waals surface area contributed by atoms with E-state index in [1.54, 1.807) is 0 Å². The summed E-state index contributed by atoms with van der Waals surface area (Å²) in [5.41, 5.74) is 11.0. The number of anilines is 3. The van der Waals surface area contributed by atoms with Crippen molar-refractivity contribution in [2.24, 2.45) is 0 Å².